The maximum absolute atomic E-state index is 13.6. The molecular formula is C27H30F2N6O5S. The fourth-order valence-corrected chi connectivity index (χ4v) is 6.69. The van der Waals surface area contributed by atoms with E-state index in [1.807, 2.05) is 12.2 Å². The van der Waals surface area contributed by atoms with Gasteiger partial charge in [0, 0.05) is 25.0 Å². The molecular weight excluding hydrogens is 558 g/mol. The molecule has 1 unspecified atom stereocenters. The molecule has 2 aliphatic carbocycles. The van der Waals surface area contributed by atoms with Gasteiger partial charge < -0.3 is 5.73 Å². The second-order valence-corrected chi connectivity index (χ2v) is 12.6. The number of halogens is 2. The number of imidazole rings is 1. The number of nitrogens with zero attached hydrogens (tertiary/aromatic N) is 4. The van der Waals surface area contributed by atoms with Gasteiger partial charge >= 0.3 is 0 Å². The zero-order valence-electron chi connectivity index (χ0n) is 22.1. The Morgan fingerprint density at radius 1 is 1.20 bits per heavy atom. The molecule has 1 saturated carbocycles. The highest BCUT2D eigenvalue weighted by atomic mass is 32.2. The van der Waals surface area contributed by atoms with Gasteiger partial charge in [-0.15, -0.1) is 0 Å². The van der Waals surface area contributed by atoms with Crippen molar-refractivity contribution in [2.24, 2.45) is 17.1 Å². The highest BCUT2D eigenvalue weighted by molar-refractivity contribution is 7.90. The van der Waals surface area contributed by atoms with Crippen molar-refractivity contribution in [2.75, 3.05) is 0 Å². The number of nitro benzene ring substituents is 1. The van der Waals surface area contributed by atoms with E-state index in [0.717, 1.165) is 24.3 Å². The number of nitrogens with one attached hydrogen (secondary N) is 1. The molecule has 2 atom stereocenters. The van der Waals surface area contributed by atoms with Crippen molar-refractivity contribution in [3.8, 4) is 0 Å². The molecule has 3 N–H and O–H groups in total. The quantitative estimate of drug-likeness (QED) is 0.224. The Labute approximate surface area is 235 Å². The molecule has 0 spiro atoms. The number of hydrogen-bond acceptors (Lipinski definition) is 8. The number of sulfonamides is 1. The Bertz CT molecular complexity index is 1600. The van der Waals surface area contributed by atoms with Crippen molar-refractivity contribution >= 4 is 27.3 Å². The van der Waals surface area contributed by atoms with Crippen molar-refractivity contribution < 1.29 is 26.9 Å². The SMILES string of the molecule is N[C@H](c1cn2ncc(CC3(C(=O)NS(=O)(=O)c4ccc([N+](=O)[O-])cc4)CC=CCC3)cc2n1)C1CCC(F)(F)CC1. The molecule has 14 heteroatoms. The van der Waals surface area contributed by atoms with Crippen LogP contribution in [0.15, 0.2) is 59.8 Å². The summed E-state index contributed by atoms with van der Waals surface area (Å²) in [5.41, 5.74) is 6.75. The summed E-state index contributed by atoms with van der Waals surface area (Å²) >= 11 is 0. The van der Waals surface area contributed by atoms with Crippen LogP contribution in [0.5, 0.6) is 0 Å². The van der Waals surface area contributed by atoms with E-state index in [9.17, 15) is 32.1 Å². The number of carbonyl (C=O) groups is 1. The molecule has 0 saturated heterocycles. The number of rotatable bonds is 8. The zero-order chi connectivity index (χ0) is 29.4. The first-order chi connectivity index (χ1) is 19.4. The van der Waals surface area contributed by atoms with Crippen molar-refractivity contribution in [1.29, 1.82) is 0 Å². The third-order valence-electron chi connectivity index (χ3n) is 8.08. The summed E-state index contributed by atoms with van der Waals surface area (Å²) in [6, 6.07) is 5.54. The van der Waals surface area contributed by atoms with Gasteiger partial charge in [-0.2, -0.15) is 5.10 Å². The molecule has 1 aromatic carbocycles. The molecule has 41 heavy (non-hydrogen) atoms. The molecule has 0 aliphatic heterocycles. The predicted octanol–water partition coefficient (Wildman–Crippen LogP) is 4.24. The van der Waals surface area contributed by atoms with Gasteiger partial charge in [0.05, 0.1) is 39.4 Å². The first-order valence-corrected chi connectivity index (χ1v) is 14.8. The van der Waals surface area contributed by atoms with Crippen LogP contribution in [-0.4, -0.2) is 39.8 Å². The lowest BCUT2D eigenvalue weighted by Crippen LogP contribution is -2.45. The van der Waals surface area contributed by atoms with E-state index < -0.39 is 38.2 Å². The van der Waals surface area contributed by atoms with Crippen LogP contribution in [-0.2, 0) is 21.2 Å². The standard InChI is InChI=1S/C27H30F2N6O5S/c28-27(29)12-8-19(9-13-27)24(30)22-17-34-23(32-22)14-18(16-31-34)15-26(10-2-1-3-11-26)25(36)33-41(39,40)21-6-4-20(5-7-21)35(37)38/h1-2,4-7,14,16-17,19,24H,3,8-13,15,30H2,(H,33,36)/t24-,26?/m0/s1. The molecule has 2 heterocycles. The van der Waals surface area contributed by atoms with E-state index >= 15 is 0 Å². The fourth-order valence-electron chi connectivity index (χ4n) is 5.62. The molecule has 2 aromatic heterocycles. The number of alkyl halides is 2. The number of hydrogen-bond donors (Lipinski definition) is 2. The maximum Gasteiger partial charge on any atom is 0.269 e. The van der Waals surface area contributed by atoms with Crippen LogP contribution in [0.2, 0.25) is 0 Å². The topological polar surface area (TPSA) is 163 Å². The number of fused-ring (bicyclic) bond motifs is 1. The van der Waals surface area contributed by atoms with Crippen LogP contribution in [0, 0.1) is 21.4 Å². The summed E-state index contributed by atoms with van der Waals surface area (Å²) in [5, 5.41) is 15.3. The number of allylic oxidation sites excluding steroid dienone is 2. The Morgan fingerprint density at radius 2 is 1.90 bits per heavy atom. The third-order valence-corrected chi connectivity index (χ3v) is 9.43. The number of non-ortho nitro benzene ring substituents is 1. The molecule has 11 nitrogen and oxygen atoms in total. The van der Waals surface area contributed by atoms with E-state index in [1.54, 1.807) is 23.0 Å². The smallest absolute Gasteiger partial charge is 0.269 e. The number of carbonyl (C=O) groups excluding carboxylic acids is 1. The highest BCUT2D eigenvalue weighted by Gasteiger charge is 2.41. The molecule has 0 bridgehead atoms. The highest BCUT2D eigenvalue weighted by Crippen LogP contribution is 2.41. The van der Waals surface area contributed by atoms with Crippen LogP contribution in [0.4, 0.5) is 14.5 Å². The molecule has 1 amide bonds. The van der Waals surface area contributed by atoms with E-state index in [-0.39, 0.29) is 35.8 Å². The molecule has 1 fully saturated rings. The lowest BCUT2D eigenvalue weighted by Gasteiger charge is -2.33. The van der Waals surface area contributed by atoms with E-state index in [2.05, 4.69) is 14.8 Å². The summed E-state index contributed by atoms with van der Waals surface area (Å²) in [7, 11) is -4.28. The van der Waals surface area contributed by atoms with Gasteiger partial charge in [0.2, 0.25) is 11.8 Å². The van der Waals surface area contributed by atoms with Crippen molar-refractivity contribution in [3.05, 3.63) is 76.2 Å². The van der Waals surface area contributed by atoms with E-state index in [0.29, 0.717) is 49.0 Å². The summed E-state index contributed by atoms with van der Waals surface area (Å²) in [6.07, 6.45) is 8.74. The number of amides is 1. The van der Waals surface area contributed by atoms with Crippen LogP contribution in [0.3, 0.4) is 0 Å². The van der Waals surface area contributed by atoms with Crippen molar-refractivity contribution in [1.82, 2.24) is 19.3 Å². The van der Waals surface area contributed by atoms with Gasteiger partial charge in [-0.1, -0.05) is 12.2 Å². The van der Waals surface area contributed by atoms with Gasteiger partial charge in [0.1, 0.15) is 0 Å². The second kappa shape index (κ2) is 10.9. The van der Waals surface area contributed by atoms with Crippen LogP contribution in [0.1, 0.15) is 62.2 Å². The van der Waals surface area contributed by atoms with Gasteiger partial charge in [0.15, 0.2) is 5.65 Å². The summed E-state index contributed by atoms with van der Waals surface area (Å²) < 4.78 is 56.8. The molecule has 3 aromatic rings. The van der Waals surface area contributed by atoms with Crippen molar-refractivity contribution in [3.63, 3.8) is 0 Å². The lowest BCUT2D eigenvalue weighted by molar-refractivity contribution is -0.384. The van der Waals surface area contributed by atoms with Gasteiger partial charge in [-0.05, 0) is 68.2 Å². The van der Waals surface area contributed by atoms with Crippen molar-refractivity contribution in [2.45, 2.75) is 68.2 Å². The number of nitro groups is 1. The average molecular weight is 589 g/mol. The van der Waals surface area contributed by atoms with Gasteiger partial charge in [0.25, 0.3) is 15.7 Å². The lowest BCUT2D eigenvalue weighted by atomic mass is 9.72. The predicted molar refractivity (Wildman–Crippen MR) is 144 cm³/mol. The Balaban J connectivity index is 1.35. The zero-order valence-corrected chi connectivity index (χ0v) is 22.9. The first kappa shape index (κ1) is 28.7. The Morgan fingerprint density at radius 3 is 2.54 bits per heavy atom. The Kier molecular flexibility index (Phi) is 7.64. The summed E-state index contributed by atoms with van der Waals surface area (Å²) in [6.45, 7) is 0. The van der Waals surface area contributed by atoms with E-state index in [1.165, 1.54) is 0 Å². The van der Waals surface area contributed by atoms with Gasteiger partial charge in [-0.25, -0.2) is 31.4 Å². The summed E-state index contributed by atoms with van der Waals surface area (Å²) in [4.78, 5) is 28.1. The normalized spacial score (nSPS) is 21.9. The number of aromatic nitrogens is 3. The largest absolute Gasteiger partial charge is 0.322 e. The Hall–Kier alpha value is -3.78. The molecule has 218 valence electrons. The first-order valence-electron chi connectivity index (χ1n) is 13.3. The maximum atomic E-state index is 13.6. The van der Waals surface area contributed by atoms with Crippen LogP contribution < -0.4 is 10.5 Å². The second-order valence-electron chi connectivity index (χ2n) is 10.9. The molecule has 2 aliphatic rings. The minimum atomic E-state index is -4.28. The van der Waals surface area contributed by atoms with E-state index in [4.69, 9.17) is 5.73 Å². The average Bonchev–Trinajstić information content (AvgIpc) is 3.36. The van der Waals surface area contributed by atoms with Crippen LogP contribution >= 0.6 is 0 Å². The number of benzene rings is 1. The van der Waals surface area contributed by atoms with Gasteiger partial charge in [-0.3, -0.25) is 14.9 Å². The molecule has 0 radical (unpaired) electrons. The number of nitrogens with two attached hydrogens (primary N) is 1. The molecule has 5 rings (SSSR count). The van der Waals surface area contributed by atoms with Crippen LogP contribution in [0.25, 0.3) is 5.65 Å². The minimum Gasteiger partial charge on any atom is -0.322 e. The minimum absolute atomic E-state index is 0.113. The fraction of sp³-hybridized carbons (Fsp3) is 0.444. The monoisotopic (exact) mass is 588 g/mol. The summed E-state index contributed by atoms with van der Waals surface area (Å²) in [5.74, 6) is -3.44. The third kappa shape index (κ3) is 6.12.